The third kappa shape index (κ3) is 2.26. The third-order valence-corrected chi connectivity index (χ3v) is 7.87. The molecule has 1 heteroatoms. The predicted octanol–water partition coefficient (Wildman–Crippen LogP) is 8.25. The maximum atomic E-state index is 5.28. The summed E-state index contributed by atoms with van der Waals surface area (Å²) in [6, 6.07) is 46.2. The van der Waals surface area contributed by atoms with Crippen LogP contribution in [0.15, 0.2) is 127 Å². The van der Waals surface area contributed by atoms with E-state index < -0.39 is 0 Å². The van der Waals surface area contributed by atoms with E-state index in [1.807, 2.05) is 0 Å². The first kappa shape index (κ1) is 18.9. The number of fused-ring (bicyclic) bond motifs is 12. The van der Waals surface area contributed by atoms with Crippen LogP contribution < -0.4 is 0 Å². The van der Waals surface area contributed by atoms with Gasteiger partial charge in [-0.15, -0.1) is 0 Å². The Kier molecular flexibility index (Phi) is 3.65. The number of benzene rings is 5. The number of para-hydroxylation sites is 1. The van der Waals surface area contributed by atoms with E-state index in [1.54, 1.807) is 0 Å². The molecule has 35 heavy (non-hydrogen) atoms. The van der Waals surface area contributed by atoms with Crippen molar-refractivity contribution < 1.29 is 0 Å². The molecule has 2 aliphatic carbocycles. The van der Waals surface area contributed by atoms with Crippen molar-refractivity contribution in [2.45, 2.75) is 5.41 Å². The van der Waals surface area contributed by atoms with Crippen LogP contribution in [-0.2, 0) is 5.41 Å². The quantitative estimate of drug-likeness (QED) is 0.249. The van der Waals surface area contributed by atoms with Crippen LogP contribution in [0.3, 0.4) is 0 Å². The normalized spacial score (nSPS) is 13.9. The Hall–Kier alpha value is -4.49. The van der Waals surface area contributed by atoms with Crippen LogP contribution in [0.4, 0.5) is 0 Å². The van der Waals surface area contributed by atoms with Gasteiger partial charge >= 0.3 is 0 Å². The highest BCUT2D eigenvalue weighted by Gasteiger charge is 2.53. The second kappa shape index (κ2) is 6.77. The molecule has 0 unspecified atom stereocenters. The summed E-state index contributed by atoms with van der Waals surface area (Å²) >= 11 is 0. The van der Waals surface area contributed by atoms with E-state index in [2.05, 4.69) is 127 Å². The number of hydrogen-bond acceptors (Lipinski definition) is 1. The standard InChI is InChI=1S/C34H21N/c1-2-12-22(13-3-1)33-31-25-16-6-10-20-29(25)34(32(31)26-17-7-11-21-30(26)35-33)27-18-8-4-14-23(27)24-15-5-9-19-28(24)34/h1-21H. The van der Waals surface area contributed by atoms with Crippen molar-refractivity contribution in [3.8, 4) is 33.5 Å². The van der Waals surface area contributed by atoms with Crippen molar-refractivity contribution in [2.75, 3.05) is 0 Å². The van der Waals surface area contributed by atoms with E-state index in [0.717, 1.165) is 16.8 Å². The minimum atomic E-state index is -0.370. The second-order valence-corrected chi connectivity index (χ2v) is 9.48. The summed E-state index contributed by atoms with van der Waals surface area (Å²) < 4.78 is 0. The van der Waals surface area contributed by atoms with Crippen LogP contribution >= 0.6 is 0 Å². The number of rotatable bonds is 1. The zero-order chi connectivity index (χ0) is 23.0. The van der Waals surface area contributed by atoms with Crippen molar-refractivity contribution in [2.24, 2.45) is 0 Å². The number of aromatic nitrogens is 1. The molecule has 0 amide bonds. The maximum Gasteiger partial charge on any atom is 0.0791 e. The minimum absolute atomic E-state index is 0.370. The minimum Gasteiger partial charge on any atom is -0.247 e. The lowest BCUT2D eigenvalue weighted by Crippen LogP contribution is -2.26. The molecule has 1 heterocycles. The zero-order valence-corrected chi connectivity index (χ0v) is 19.1. The van der Waals surface area contributed by atoms with Crippen molar-refractivity contribution in [3.05, 3.63) is 150 Å². The number of pyridine rings is 1. The SMILES string of the molecule is c1ccc(-c2nc3ccccc3c3c2-c2ccccc2C32c3ccccc3-c3ccccc32)cc1. The largest absolute Gasteiger partial charge is 0.247 e. The molecule has 8 rings (SSSR count). The van der Waals surface area contributed by atoms with Gasteiger partial charge in [-0.1, -0.05) is 121 Å². The Balaban J connectivity index is 1.66. The van der Waals surface area contributed by atoms with E-state index in [9.17, 15) is 0 Å². The molecule has 0 saturated carbocycles. The molecule has 162 valence electrons. The van der Waals surface area contributed by atoms with Crippen LogP contribution in [0.2, 0.25) is 0 Å². The summed E-state index contributed by atoms with van der Waals surface area (Å²) in [6.45, 7) is 0. The molecule has 0 saturated heterocycles. The summed E-state index contributed by atoms with van der Waals surface area (Å²) in [4.78, 5) is 5.28. The first-order chi connectivity index (χ1) is 17.4. The molecular weight excluding hydrogens is 422 g/mol. The van der Waals surface area contributed by atoms with Crippen LogP contribution in [0, 0.1) is 0 Å². The fourth-order valence-corrected chi connectivity index (χ4v) is 6.63. The smallest absolute Gasteiger partial charge is 0.0791 e. The van der Waals surface area contributed by atoms with Gasteiger partial charge in [0.1, 0.15) is 0 Å². The lowest BCUT2D eigenvalue weighted by Gasteiger charge is -2.31. The Bertz CT molecular complexity index is 1750. The van der Waals surface area contributed by atoms with Gasteiger partial charge in [0, 0.05) is 16.5 Å². The van der Waals surface area contributed by atoms with E-state index >= 15 is 0 Å². The van der Waals surface area contributed by atoms with Crippen LogP contribution in [0.1, 0.15) is 22.3 Å². The molecule has 1 aromatic heterocycles. The van der Waals surface area contributed by atoms with E-state index in [-0.39, 0.29) is 5.41 Å². The van der Waals surface area contributed by atoms with Gasteiger partial charge in [-0.25, -0.2) is 4.98 Å². The zero-order valence-electron chi connectivity index (χ0n) is 19.1. The van der Waals surface area contributed by atoms with E-state index in [4.69, 9.17) is 4.98 Å². The first-order valence-electron chi connectivity index (χ1n) is 12.2. The van der Waals surface area contributed by atoms with Crippen molar-refractivity contribution >= 4 is 10.9 Å². The molecule has 0 bridgehead atoms. The van der Waals surface area contributed by atoms with Gasteiger partial charge in [-0.3, -0.25) is 0 Å². The highest BCUT2D eigenvalue weighted by atomic mass is 14.7. The van der Waals surface area contributed by atoms with Crippen molar-refractivity contribution in [1.82, 2.24) is 4.98 Å². The Morgan fingerprint density at radius 1 is 0.457 bits per heavy atom. The van der Waals surface area contributed by atoms with Crippen molar-refractivity contribution in [3.63, 3.8) is 0 Å². The average Bonchev–Trinajstić information content (AvgIpc) is 3.41. The molecule has 5 aromatic carbocycles. The van der Waals surface area contributed by atoms with Crippen molar-refractivity contribution in [1.29, 1.82) is 0 Å². The summed E-state index contributed by atoms with van der Waals surface area (Å²) in [5.74, 6) is 0. The van der Waals surface area contributed by atoms with Gasteiger partial charge in [0.25, 0.3) is 0 Å². The van der Waals surface area contributed by atoms with Gasteiger partial charge in [0.15, 0.2) is 0 Å². The van der Waals surface area contributed by atoms with Crippen LogP contribution in [-0.4, -0.2) is 4.98 Å². The molecule has 0 radical (unpaired) electrons. The third-order valence-electron chi connectivity index (χ3n) is 7.87. The molecule has 1 nitrogen and oxygen atoms in total. The highest BCUT2D eigenvalue weighted by Crippen LogP contribution is 2.64. The van der Waals surface area contributed by atoms with Gasteiger partial charge in [-0.2, -0.15) is 0 Å². The molecule has 2 aliphatic rings. The van der Waals surface area contributed by atoms with Gasteiger partial charge < -0.3 is 0 Å². The fraction of sp³-hybridized carbons (Fsp3) is 0.0294. The lowest BCUT2D eigenvalue weighted by molar-refractivity contribution is 0.801. The Labute approximate surface area is 204 Å². The maximum absolute atomic E-state index is 5.28. The number of hydrogen-bond donors (Lipinski definition) is 0. The highest BCUT2D eigenvalue weighted by molar-refractivity contribution is 6.06. The summed E-state index contributed by atoms with van der Waals surface area (Å²) in [5.41, 5.74) is 13.5. The van der Waals surface area contributed by atoms with Gasteiger partial charge in [0.05, 0.1) is 16.6 Å². The molecule has 0 atom stereocenters. The van der Waals surface area contributed by atoms with Gasteiger partial charge in [-0.05, 0) is 45.0 Å². The Morgan fingerprint density at radius 2 is 0.971 bits per heavy atom. The average molecular weight is 444 g/mol. The van der Waals surface area contributed by atoms with Crippen LogP contribution in [0.5, 0.6) is 0 Å². The molecule has 6 aromatic rings. The Morgan fingerprint density at radius 3 is 1.66 bits per heavy atom. The molecule has 0 fully saturated rings. The van der Waals surface area contributed by atoms with Crippen LogP contribution in [0.25, 0.3) is 44.4 Å². The van der Waals surface area contributed by atoms with E-state index in [0.29, 0.717) is 0 Å². The van der Waals surface area contributed by atoms with E-state index in [1.165, 1.54) is 49.9 Å². The topological polar surface area (TPSA) is 12.9 Å². The molecule has 1 spiro atoms. The summed E-state index contributed by atoms with van der Waals surface area (Å²) in [7, 11) is 0. The molecular formula is C34H21N. The lowest BCUT2D eigenvalue weighted by atomic mass is 9.69. The predicted molar refractivity (Wildman–Crippen MR) is 143 cm³/mol. The molecule has 0 N–H and O–H groups in total. The summed E-state index contributed by atoms with van der Waals surface area (Å²) in [5, 5.41) is 1.23. The number of nitrogens with zero attached hydrogens (tertiary/aromatic N) is 1. The second-order valence-electron chi connectivity index (χ2n) is 9.48. The molecule has 0 aliphatic heterocycles. The van der Waals surface area contributed by atoms with Gasteiger partial charge in [0.2, 0.25) is 0 Å². The fourth-order valence-electron chi connectivity index (χ4n) is 6.63. The summed E-state index contributed by atoms with van der Waals surface area (Å²) in [6.07, 6.45) is 0. The first-order valence-corrected chi connectivity index (χ1v) is 12.2. The monoisotopic (exact) mass is 443 g/mol.